The molecular weight excluding hydrogens is 222 g/mol. The van der Waals surface area contributed by atoms with Crippen molar-refractivity contribution < 1.29 is 18.7 Å². The lowest BCUT2D eigenvalue weighted by Gasteiger charge is -2.24. The number of amides is 1. The molecule has 1 heterocycles. The molecule has 94 valence electrons. The topological polar surface area (TPSA) is 59.8 Å². The number of furan rings is 1. The molecule has 0 spiro atoms. The zero-order chi connectivity index (χ0) is 13.0. The molecule has 0 aliphatic carbocycles. The van der Waals surface area contributed by atoms with Gasteiger partial charge in [0.1, 0.15) is 12.3 Å². The average Bonchev–Trinajstić information content (AvgIpc) is 2.71. The number of carbonyl (C=O) groups is 2. The fourth-order valence-corrected chi connectivity index (χ4v) is 1.38. The number of hydrogen-bond acceptors (Lipinski definition) is 4. The number of rotatable bonds is 4. The SMILES string of the molecule is COC(=O)CN(C(=O)c1ccc(C)o1)C(C)C. The number of aryl methyl sites for hydroxylation is 1. The number of esters is 1. The highest BCUT2D eigenvalue weighted by molar-refractivity contribution is 5.93. The summed E-state index contributed by atoms with van der Waals surface area (Å²) in [6.45, 7) is 5.34. The third-order valence-corrected chi connectivity index (χ3v) is 2.36. The highest BCUT2D eigenvalue weighted by Gasteiger charge is 2.24. The second-order valence-corrected chi connectivity index (χ2v) is 4.01. The molecular formula is C12H17NO4. The van der Waals surface area contributed by atoms with E-state index in [1.54, 1.807) is 19.1 Å². The van der Waals surface area contributed by atoms with Crippen molar-refractivity contribution in [2.75, 3.05) is 13.7 Å². The molecule has 0 saturated carbocycles. The van der Waals surface area contributed by atoms with E-state index in [0.29, 0.717) is 5.76 Å². The van der Waals surface area contributed by atoms with E-state index in [9.17, 15) is 9.59 Å². The van der Waals surface area contributed by atoms with Crippen LogP contribution >= 0.6 is 0 Å². The summed E-state index contributed by atoms with van der Waals surface area (Å²) in [5.41, 5.74) is 0. The average molecular weight is 239 g/mol. The molecule has 0 bridgehead atoms. The Hall–Kier alpha value is -1.78. The summed E-state index contributed by atoms with van der Waals surface area (Å²) < 4.78 is 9.81. The van der Waals surface area contributed by atoms with Crippen LogP contribution in [0.1, 0.15) is 30.2 Å². The third-order valence-electron chi connectivity index (χ3n) is 2.36. The van der Waals surface area contributed by atoms with E-state index >= 15 is 0 Å². The lowest BCUT2D eigenvalue weighted by Crippen LogP contribution is -2.40. The van der Waals surface area contributed by atoms with Gasteiger partial charge in [-0.25, -0.2) is 0 Å². The van der Waals surface area contributed by atoms with E-state index in [4.69, 9.17) is 4.42 Å². The molecule has 0 N–H and O–H groups in total. The van der Waals surface area contributed by atoms with Crippen LogP contribution in [0.2, 0.25) is 0 Å². The van der Waals surface area contributed by atoms with Crippen molar-refractivity contribution in [3.63, 3.8) is 0 Å². The van der Waals surface area contributed by atoms with Gasteiger partial charge in [-0.1, -0.05) is 0 Å². The lowest BCUT2D eigenvalue weighted by molar-refractivity contribution is -0.141. The van der Waals surface area contributed by atoms with E-state index < -0.39 is 5.97 Å². The Kier molecular flexibility index (Phi) is 4.31. The first kappa shape index (κ1) is 13.3. The monoisotopic (exact) mass is 239 g/mol. The molecule has 1 rings (SSSR count). The molecule has 1 aromatic heterocycles. The van der Waals surface area contributed by atoms with Crippen molar-refractivity contribution in [2.45, 2.75) is 26.8 Å². The fraction of sp³-hybridized carbons (Fsp3) is 0.500. The first-order chi connectivity index (χ1) is 7.95. The molecule has 17 heavy (non-hydrogen) atoms. The van der Waals surface area contributed by atoms with Crippen LogP contribution in [0.4, 0.5) is 0 Å². The molecule has 1 aromatic rings. The standard InChI is InChI=1S/C12H17NO4/c1-8(2)13(7-11(14)16-4)12(15)10-6-5-9(3)17-10/h5-6,8H,7H2,1-4H3. The Labute approximate surface area is 100 Å². The summed E-state index contributed by atoms with van der Waals surface area (Å²) in [4.78, 5) is 24.7. The van der Waals surface area contributed by atoms with Crippen LogP contribution in [-0.2, 0) is 9.53 Å². The Bertz CT molecular complexity index is 408. The Morgan fingerprint density at radius 3 is 2.47 bits per heavy atom. The van der Waals surface area contributed by atoms with Crippen LogP contribution in [0.15, 0.2) is 16.5 Å². The number of nitrogens with zero attached hydrogens (tertiary/aromatic N) is 1. The van der Waals surface area contributed by atoms with Gasteiger partial charge in [0.2, 0.25) is 0 Å². The van der Waals surface area contributed by atoms with Gasteiger partial charge in [-0.05, 0) is 32.9 Å². The van der Waals surface area contributed by atoms with Crippen molar-refractivity contribution in [3.05, 3.63) is 23.7 Å². The zero-order valence-electron chi connectivity index (χ0n) is 10.5. The van der Waals surface area contributed by atoms with Crippen LogP contribution in [0.25, 0.3) is 0 Å². The minimum atomic E-state index is -0.449. The van der Waals surface area contributed by atoms with E-state index in [1.807, 2.05) is 13.8 Å². The van der Waals surface area contributed by atoms with Gasteiger partial charge in [0.25, 0.3) is 5.91 Å². The Morgan fingerprint density at radius 1 is 1.41 bits per heavy atom. The van der Waals surface area contributed by atoms with Crippen LogP contribution < -0.4 is 0 Å². The summed E-state index contributed by atoms with van der Waals surface area (Å²) in [7, 11) is 1.29. The van der Waals surface area contributed by atoms with E-state index in [1.165, 1.54) is 12.0 Å². The van der Waals surface area contributed by atoms with Crippen LogP contribution in [0, 0.1) is 6.92 Å². The molecule has 0 aromatic carbocycles. The van der Waals surface area contributed by atoms with Gasteiger partial charge in [-0.15, -0.1) is 0 Å². The predicted octanol–water partition coefficient (Wildman–Crippen LogP) is 1.61. The molecule has 0 aliphatic rings. The number of hydrogen-bond donors (Lipinski definition) is 0. The largest absolute Gasteiger partial charge is 0.468 e. The summed E-state index contributed by atoms with van der Waals surface area (Å²) in [5, 5.41) is 0. The van der Waals surface area contributed by atoms with E-state index in [0.717, 1.165) is 0 Å². The maximum Gasteiger partial charge on any atom is 0.325 e. The molecule has 5 nitrogen and oxygen atoms in total. The first-order valence-corrected chi connectivity index (χ1v) is 5.40. The molecule has 0 atom stereocenters. The minimum Gasteiger partial charge on any atom is -0.468 e. The number of ether oxygens (including phenoxy) is 1. The van der Waals surface area contributed by atoms with Gasteiger partial charge < -0.3 is 14.1 Å². The zero-order valence-corrected chi connectivity index (χ0v) is 10.5. The van der Waals surface area contributed by atoms with E-state index in [-0.39, 0.29) is 24.3 Å². The smallest absolute Gasteiger partial charge is 0.325 e. The van der Waals surface area contributed by atoms with Crippen molar-refractivity contribution in [1.29, 1.82) is 0 Å². The predicted molar refractivity (Wildman–Crippen MR) is 61.6 cm³/mol. The lowest BCUT2D eigenvalue weighted by atomic mass is 10.2. The van der Waals surface area contributed by atoms with Crippen LogP contribution in [-0.4, -0.2) is 36.5 Å². The van der Waals surface area contributed by atoms with Crippen molar-refractivity contribution in [2.24, 2.45) is 0 Å². The van der Waals surface area contributed by atoms with Gasteiger partial charge in [-0.3, -0.25) is 9.59 Å². The summed E-state index contributed by atoms with van der Waals surface area (Å²) in [6, 6.07) is 3.21. The van der Waals surface area contributed by atoms with Crippen molar-refractivity contribution >= 4 is 11.9 Å². The Morgan fingerprint density at radius 2 is 2.06 bits per heavy atom. The second kappa shape index (κ2) is 5.52. The highest BCUT2D eigenvalue weighted by atomic mass is 16.5. The van der Waals surface area contributed by atoms with Crippen LogP contribution in [0.3, 0.4) is 0 Å². The van der Waals surface area contributed by atoms with Crippen molar-refractivity contribution in [1.82, 2.24) is 4.90 Å². The molecule has 0 fully saturated rings. The molecule has 0 radical (unpaired) electrons. The normalized spacial score (nSPS) is 10.4. The summed E-state index contributed by atoms with van der Waals surface area (Å²) in [5.74, 6) is 0.143. The van der Waals surface area contributed by atoms with Gasteiger partial charge in [0, 0.05) is 6.04 Å². The third kappa shape index (κ3) is 3.34. The molecule has 5 heteroatoms. The van der Waals surface area contributed by atoms with Gasteiger partial charge in [0.15, 0.2) is 5.76 Å². The summed E-state index contributed by atoms with van der Waals surface area (Å²) in [6.07, 6.45) is 0. The number of carbonyl (C=O) groups excluding carboxylic acids is 2. The van der Waals surface area contributed by atoms with Gasteiger partial charge in [0.05, 0.1) is 7.11 Å². The van der Waals surface area contributed by atoms with Crippen LogP contribution in [0.5, 0.6) is 0 Å². The van der Waals surface area contributed by atoms with E-state index in [2.05, 4.69) is 4.74 Å². The first-order valence-electron chi connectivity index (χ1n) is 5.40. The fourth-order valence-electron chi connectivity index (χ4n) is 1.38. The van der Waals surface area contributed by atoms with Gasteiger partial charge in [-0.2, -0.15) is 0 Å². The Balaban J connectivity index is 2.84. The molecule has 0 aliphatic heterocycles. The quantitative estimate of drug-likeness (QED) is 0.749. The second-order valence-electron chi connectivity index (χ2n) is 4.01. The highest BCUT2D eigenvalue weighted by Crippen LogP contribution is 2.12. The summed E-state index contributed by atoms with van der Waals surface area (Å²) >= 11 is 0. The maximum atomic E-state index is 12.1. The minimum absolute atomic E-state index is 0.0766. The number of methoxy groups -OCH3 is 1. The maximum absolute atomic E-state index is 12.1. The molecule has 0 unspecified atom stereocenters. The molecule has 0 saturated heterocycles. The molecule has 1 amide bonds. The van der Waals surface area contributed by atoms with Crippen molar-refractivity contribution in [3.8, 4) is 0 Å². The van der Waals surface area contributed by atoms with Gasteiger partial charge >= 0.3 is 5.97 Å².